The lowest BCUT2D eigenvalue weighted by Gasteiger charge is -2.24. The summed E-state index contributed by atoms with van der Waals surface area (Å²) in [6, 6.07) is 9.31. The van der Waals surface area contributed by atoms with Gasteiger partial charge in [-0.1, -0.05) is 35.5 Å². The fraction of sp³-hybridized carbons (Fsp3) is 0.333. The predicted molar refractivity (Wildman–Crippen MR) is 79.9 cm³/mol. The van der Waals surface area contributed by atoms with E-state index in [1.807, 2.05) is 30.3 Å². The molecule has 0 aliphatic rings. The fourth-order valence-corrected chi connectivity index (χ4v) is 2.05. The van der Waals surface area contributed by atoms with Crippen LogP contribution in [0.3, 0.4) is 0 Å². The Balaban J connectivity index is 2.09. The van der Waals surface area contributed by atoms with E-state index < -0.39 is 5.97 Å². The molecule has 1 amide bonds. The molecule has 0 bridgehead atoms. The number of rotatable bonds is 6. The molecule has 0 spiro atoms. The molecule has 0 aliphatic heterocycles. The van der Waals surface area contributed by atoms with E-state index in [-0.39, 0.29) is 25.0 Å². The monoisotopic (exact) mass is 302 g/mol. The van der Waals surface area contributed by atoms with Crippen LogP contribution >= 0.6 is 0 Å². The van der Waals surface area contributed by atoms with Crippen LogP contribution in [0.1, 0.15) is 13.8 Å². The molecule has 116 valence electrons. The molecular weight excluding hydrogens is 284 g/mol. The Bertz CT molecular complexity index is 652. The summed E-state index contributed by atoms with van der Waals surface area (Å²) in [6.07, 6.45) is 1.67. The van der Waals surface area contributed by atoms with Crippen molar-refractivity contribution >= 4 is 11.9 Å². The van der Waals surface area contributed by atoms with Crippen molar-refractivity contribution < 1.29 is 14.7 Å². The van der Waals surface area contributed by atoms with Gasteiger partial charge in [-0.2, -0.15) is 0 Å². The van der Waals surface area contributed by atoms with Gasteiger partial charge in [0.15, 0.2) is 0 Å². The molecule has 0 fully saturated rings. The second-order valence-corrected chi connectivity index (χ2v) is 5.18. The van der Waals surface area contributed by atoms with Gasteiger partial charge in [0.25, 0.3) is 0 Å². The minimum absolute atomic E-state index is 0.0364. The third-order valence-electron chi connectivity index (χ3n) is 3.15. The van der Waals surface area contributed by atoms with Crippen LogP contribution in [0.25, 0.3) is 11.3 Å². The molecule has 0 saturated carbocycles. The molecule has 1 heterocycles. The second kappa shape index (κ2) is 6.84. The summed E-state index contributed by atoms with van der Waals surface area (Å²) in [6.45, 7) is 3.19. The molecule has 1 aromatic heterocycles. The summed E-state index contributed by atoms with van der Waals surface area (Å²) in [4.78, 5) is 24.3. The van der Waals surface area contributed by atoms with E-state index in [1.165, 1.54) is 9.58 Å². The highest BCUT2D eigenvalue weighted by atomic mass is 16.4. The van der Waals surface area contributed by atoms with Gasteiger partial charge in [-0.3, -0.25) is 9.59 Å². The molecule has 1 aromatic carbocycles. The highest BCUT2D eigenvalue weighted by Crippen LogP contribution is 2.14. The van der Waals surface area contributed by atoms with Crippen LogP contribution in [-0.4, -0.2) is 49.5 Å². The van der Waals surface area contributed by atoms with E-state index in [4.69, 9.17) is 5.11 Å². The number of amides is 1. The standard InChI is InChI=1S/C15H18N4O3/c1-11(2)19(10-15(21)22)14(20)9-18-8-13(16-17-18)12-6-4-3-5-7-12/h3-8,11H,9-10H2,1-2H3,(H,21,22). The van der Waals surface area contributed by atoms with E-state index in [2.05, 4.69) is 10.3 Å². The van der Waals surface area contributed by atoms with Gasteiger partial charge < -0.3 is 10.0 Å². The first kappa shape index (κ1) is 15.7. The summed E-state index contributed by atoms with van der Waals surface area (Å²) in [5.41, 5.74) is 1.58. The Morgan fingerprint density at radius 3 is 2.55 bits per heavy atom. The van der Waals surface area contributed by atoms with E-state index in [1.54, 1.807) is 20.0 Å². The topological polar surface area (TPSA) is 88.3 Å². The summed E-state index contributed by atoms with van der Waals surface area (Å²) < 4.78 is 1.42. The molecule has 2 rings (SSSR count). The smallest absolute Gasteiger partial charge is 0.323 e. The normalized spacial score (nSPS) is 10.7. The summed E-state index contributed by atoms with van der Waals surface area (Å²) >= 11 is 0. The molecule has 0 atom stereocenters. The Morgan fingerprint density at radius 2 is 1.95 bits per heavy atom. The summed E-state index contributed by atoms with van der Waals surface area (Å²) in [7, 11) is 0. The molecule has 7 heteroatoms. The molecule has 0 radical (unpaired) electrons. The number of carbonyl (C=O) groups is 2. The highest BCUT2D eigenvalue weighted by molar-refractivity contribution is 5.81. The van der Waals surface area contributed by atoms with Crippen molar-refractivity contribution in [2.45, 2.75) is 26.4 Å². The molecule has 7 nitrogen and oxygen atoms in total. The van der Waals surface area contributed by atoms with Crippen molar-refractivity contribution in [3.63, 3.8) is 0 Å². The van der Waals surface area contributed by atoms with Crippen LogP contribution in [0.2, 0.25) is 0 Å². The van der Waals surface area contributed by atoms with Crippen LogP contribution < -0.4 is 0 Å². The van der Waals surface area contributed by atoms with Crippen LogP contribution in [0.4, 0.5) is 0 Å². The quantitative estimate of drug-likeness (QED) is 0.868. The number of nitrogens with zero attached hydrogens (tertiary/aromatic N) is 4. The SMILES string of the molecule is CC(C)N(CC(=O)O)C(=O)Cn1cc(-c2ccccc2)nn1. The van der Waals surface area contributed by atoms with Gasteiger partial charge in [0.05, 0.1) is 6.20 Å². The maximum atomic E-state index is 12.2. The lowest BCUT2D eigenvalue weighted by atomic mass is 10.2. The van der Waals surface area contributed by atoms with Crippen LogP contribution in [0, 0.1) is 0 Å². The number of hydrogen-bond acceptors (Lipinski definition) is 4. The number of carbonyl (C=O) groups excluding carboxylic acids is 1. The third-order valence-corrected chi connectivity index (χ3v) is 3.15. The predicted octanol–water partition coefficient (Wildman–Crippen LogP) is 1.27. The van der Waals surface area contributed by atoms with Gasteiger partial charge in [-0.15, -0.1) is 5.10 Å². The summed E-state index contributed by atoms with van der Waals surface area (Å²) in [5, 5.41) is 16.8. The number of carboxylic acid groups (broad SMARTS) is 1. The lowest BCUT2D eigenvalue weighted by Crippen LogP contribution is -2.42. The number of hydrogen-bond donors (Lipinski definition) is 1. The highest BCUT2D eigenvalue weighted by Gasteiger charge is 2.20. The first-order valence-corrected chi connectivity index (χ1v) is 6.94. The Kier molecular flexibility index (Phi) is 4.88. The molecular formula is C15H18N4O3. The van der Waals surface area contributed by atoms with Crippen LogP contribution in [0.5, 0.6) is 0 Å². The van der Waals surface area contributed by atoms with Gasteiger partial charge in [0.1, 0.15) is 18.8 Å². The minimum atomic E-state index is -1.04. The van der Waals surface area contributed by atoms with Crippen molar-refractivity contribution in [1.82, 2.24) is 19.9 Å². The van der Waals surface area contributed by atoms with E-state index >= 15 is 0 Å². The van der Waals surface area contributed by atoms with Crippen molar-refractivity contribution in [2.75, 3.05) is 6.54 Å². The Labute approximate surface area is 128 Å². The van der Waals surface area contributed by atoms with E-state index in [0.717, 1.165) is 5.56 Å². The average molecular weight is 302 g/mol. The van der Waals surface area contributed by atoms with E-state index in [0.29, 0.717) is 5.69 Å². The largest absolute Gasteiger partial charge is 0.480 e. The maximum Gasteiger partial charge on any atom is 0.323 e. The van der Waals surface area contributed by atoms with Gasteiger partial charge in [-0.05, 0) is 13.8 Å². The minimum Gasteiger partial charge on any atom is -0.480 e. The summed E-state index contributed by atoms with van der Waals surface area (Å²) in [5.74, 6) is -1.34. The zero-order chi connectivity index (χ0) is 16.1. The maximum absolute atomic E-state index is 12.2. The molecule has 2 aromatic rings. The number of carboxylic acids is 1. The van der Waals surface area contributed by atoms with Crippen LogP contribution in [-0.2, 0) is 16.1 Å². The number of aromatic nitrogens is 3. The molecule has 22 heavy (non-hydrogen) atoms. The first-order valence-electron chi connectivity index (χ1n) is 6.94. The van der Waals surface area contributed by atoms with Crippen molar-refractivity contribution in [2.24, 2.45) is 0 Å². The van der Waals surface area contributed by atoms with Crippen LogP contribution in [0.15, 0.2) is 36.5 Å². The van der Waals surface area contributed by atoms with E-state index in [9.17, 15) is 9.59 Å². The molecule has 0 unspecified atom stereocenters. The molecule has 0 saturated heterocycles. The Morgan fingerprint density at radius 1 is 1.27 bits per heavy atom. The fourth-order valence-electron chi connectivity index (χ4n) is 2.05. The van der Waals surface area contributed by atoms with Crippen molar-refractivity contribution in [3.05, 3.63) is 36.5 Å². The third kappa shape index (κ3) is 3.91. The van der Waals surface area contributed by atoms with Gasteiger partial charge in [-0.25, -0.2) is 4.68 Å². The second-order valence-electron chi connectivity index (χ2n) is 5.18. The first-order chi connectivity index (χ1) is 10.5. The number of benzene rings is 1. The van der Waals surface area contributed by atoms with Gasteiger partial charge in [0, 0.05) is 11.6 Å². The lowest BCUT2D eigenvalue weighted by molar-refractivity contribution is -0.146. The molecule has 0 aliphatic carbocycles. The van der Waals surface area contributed by atoms with Gasteiger partial charge in [0.2, 0.25) is 5.91 Å². The Hall–Kier alpha value is -2.70. The zero-order valence-electron chi connectivity index (χ0n) is 12.5. The number of aliphatic carboxylic acids is 1. The average Bonchev–Trinajstić information content (AvgIpc) is 2.93. The van der Waals surface area contributed by atoms with Crippen molar-refractivity contribution in [1.29, 1.82) is 0 Å². The molecule has 1 N–H and O–H groups in total. The van der Waals surface area contributed by atoms with Crippen molar-refractivity contribution in [3.8, 4) is 11.3 Å². The zero-order valence-corrected chi connectivity index (χ0v) is 12.5. The van der Waals surface area contributed by atoms with Gasteiger partial charge >= 0.3 is 5.97 Å².